The van der Waals surface area contributed by atoms with Gasteiger partial charge in [0.1, 0.15) is 11.6 Å². The fourth-order valence-electron chi connectivity index (χ4n) is 3.24. The first kappa shape index (κ1) is 13.3. The van der Waals surface area contributed by atoms with Crippen molar-refractivity contribution in [3.63, 3.8) is 0 Å². The molecule has 3 aromatic rings. The molecular weight excluding hydrogens is 290 g/mol. The van der Waals surface area contributed by atoms with Crippen LogP contribution < -0.4 is 11.5 Å². The van der Waals surface area contributed by atoms with Crippen LogP contribution in [0.5, 0.6) is 0 Å². The number of thiophene rings is 1. The zero-order chi connectivity index (χ0) is 15.3. The van der Waals surface area contributed by atoms with Crippen LogP contribution in [-0.2, 0) is 0 Å². The Bertz CT molecular complexity index is 888. The fourth-order valence-corrected chi connectivity index (χ4v) is 4.63. The highest BCUT2D eigenvalue weighted by molar-refractivity contribution is 7.20. The molecule has 1 aliphatic carbocycles. The molecule has 4 N–H and O–H groups in total. The molecule has 2 aromatic heterocycles. The predicted octanol–water partition coefficient (Wildman–Crippen LogP) is 4.65. The van der Waals surface area contributed by atoms with Gasteiger partial charge in [-0.15, -0.1) is 11.3 Å². The summed E-state index contributed by atoms with van der Waals surface area (Å²) in [4.78, 5) is 5.44. The third kappa shape index (κ3) is 1.99. The van der Waals surface area contributed by atoms with Gasteiger partial charge in [0.05, 0.1) is 0 Å². The van der Waals surface area contributed by atoms with E-state index in [2.05, 4.69) is 42.3 Å². The largest absolute Gasteiger partial charge is 0.384 e. The van der Waals surface area contributed by atoms with Crippen LogP contribution in [0, 0.1) is 0 Å². The van der Waals surface area contributed by atoms with Crippen molar-refractivity contribution in [3.05, 3.63) is 46.8 Å². The fraction of sp³-hybridized carbons (Fsp3) is 0.167. The van der Waals surface area contributed by atoms with Gasteiger partial charge in [-0.3, -0.25) is 0 Å². The second-order valence-electron chi connectivity index (χ2n) is 5.81. The molecule has 0 amide bonds. The molecule has 3 nitrogen and oxygen atoms in total. The maximum absolute atomic E-state index is 5.86. The Balaban J connectivity index is 2.02. The lowest BCUT2D eigenvalue weighted by atomic mass is 9.90. The van der Waals surface area contributed by atoms with Crippen molar-refractivity contribution in [3.8, 4) is 11.1 Å². The quantitative estimate of drug-likeness (QED) is 0.688. The standard InChI is InChI=1S/C18H17N3S/c1-10-4-2-7-14-17(10)13-6-3-5-12(18(13)22-14)11-8-15(19)21-16(20)9-11/h2-3,5-10H,4H2,1H3,(H4,19,20,21). The van der Waals surface area contributed by atoms with Gasteiger partial charge >= 0.3 is 0 Å². The molecule has 2 heterocycles. The second kappa shape index (κ2) is 4.85. The van der Waals surface area contributed by atoms with Gasteiger partial charge in [-0.2, -0.15) is 0 Å². The van der Waals surface area contributed by atoms with Gasteiger partial charge in [0, 0.05) is 9.58 Å². The van der Waals surface area contributed by atoms with Gasteiger partial charge in [-0.1, -0.05) is 31.2 Å². The first-order valence-electron chi connectivity index (χ1n) is 7.39. The van der Waals surface area contributed by atoms with Crippen LogP contribution >= 0.6 is 11.3 Å². The maximum atomic E-state index is 5.86. The number of hydrogen-bond donors (Lipinski definition) is 2. The smallest absolute Gasteiger partial charge is 0.126 e. The van der Waals surface area contributed by atoms with Crippen molar-refractivity contribution in [1.29, 1.82) is 0 Å². The molecule has 4 rings (SSSR count). The Labute approximate surface area is 133 Å². The molecule has 0 aliphatic heterocycles. The molecule has 0 saturated carbocycles. The molecule has 22 heavy (non-hydrogen) atoms. The molecule has 0 spiro atoms. The summed E-state index contributed by atoms with van der Waals surface area (Å²) in [6.07, 6.45) is 5.63. The minimum Gasteiger partial charge on any atom is -0.384 e. The number of benzene rings is 1. The molecule has 0 fully saturated rings. The third-order valence-electron chi connectivity index (χ3n) is 4.21. The first-order chi connectivity index (χ1) is 10.6. The normalized spacial score (nSPS) is 16.9. The minimum atomic E-state index is 0.460. The van der Waals surface area contributed by atoms with E-state index in [-0.39, 0.29) is 0 Å². The maximum Gasteiger partial charge on any atom is 0.126 e. The van der Waals surface area contributed by atoms with Gasteiger partial charge in [0.15, 0.2) is 0 Å². The van der Waals surface area contributed by atoms with E-state index in [0.29, 0.717) is 17.6 Å². The van der Waals surface area contributed by atoms with Gasteiger partial charge in [-0.05, 0) is 52.6 Å². The lowest BCUT2D eigenvalue weighted by Crippen LogP contribution is -1.97. The van der Waals surface area contributed by atoms with E-state index < -0.39 is 0 Å². The van der Waals surface area contributed by atoms with Crippen molar-refractivity contribution in [2.45, 2.75) is 19.3 Å². The van der Waals surface area contributed by atoms with Crippen molar-refractivity contribution < 1.29 is 0 Å². The highest BCUT2D eigenvalue weighted by Crippen LogP contribution is 2.44. The number of hydrogen-bond acceptors (Lipinski definition) is 4. The highest BCUT2D eigenvalue weighted by Gasteiger charge is 2.20. The van der Waals surface area contributed by atoms with Gasteiger partial charge in [-0.25, -0.2) is 4.98 Å². The molecule has 1 atom stereocenters. The number of allylic oxidation sites excluding steroid dienone is 1. The first-order valence-corrected chi connectivity index (χ1v) is 8.20. The summed E-state index contributed by atoms with van der Waals surface area (Å²) in [5, 5.41) is 1.35. The minimum absolute atomic E-state index is 0.460. The Morgan fingerprint density at radius 3 is 2.73 bits per heavy atom. The lowest BCUT2D eigenvalue weighted by Gasteiger charge is -2.14. The number of anilines is 2. The third-order valence-corrected chi connectivity index (χ3v) is 5.43. The molecule has 0 radical (unpaired) electrons. The molecule has 0 bridgehead atoms. The van der Waals surface area contributed by atoms with Crippen LogP contribution in [0.1, 0.15) is 29.7 Å². The number of nitrogen functional groups attached to an aromatic ring is 2. The number of rotatable bonds is 1. The predicted molar refractivity (Wildman–Crippen MR) is 95.9 cm³/mol. The molecule has 0 saturated heterocycles. The Hall–Kier alpha value is -2.33. The van der Waals surface area contributed by atoms with Crippen LogP contribution in [0.25, 0.3) is 27.3 Å². The molecule has 1 unspecified atom stereocenters. The Morgan fingerprint density at radius 2 is 1.95 bits per heavy atom. The van der Waals surface area contributed by atoms with Crippen molar-refractivity contribution >= 4 is 39.1 Å². The van der Waals surface area contributed by atoms with Crippen molar-refractivity contribution in [2.75, 3.05) is 11.5 Å². The number of fused-ring (bicyclic) bond motifs is 3. The molecule has 110 valence electrons. The highest BCUT2D eigenvalue weighted by atomic mass is 32.1. The van der Waals surface area contributed by atoms with E-state index in [0.717, 1.165) is 12.0 Å². The van der Waals surface area contributed by atoms with Crippen LogP contribution in [-0.4, -0.2) is 4.98 Å². The molecule has 4 heteroatoms. The van der Waals surface area contributed by atoms with Crippen molar-refractivity contribution in [2.24, 2.45) is 0 Å². The number of aromatic nitrogens is 1. The molecule has 1 aliphatic rings. The van der Waals surface area contributed by atoms with Gasteiger partial charge in [0.2, 0.25) is 0 Å². The monoisotopic (exact) mass is 307 g/mol. The summed E-state index contributed by atoms with van der Waals surface area (Å²) in [6, 6.07) is 10.2. The van der Waals surface area contributed by atoms with Crippen molar-refractivity contribution in [1.82, 2.24) is 4.98 Å². The van der Waals surface area contributed by atoms with Gasteiger partial charge < -0.3 is 11.5 Å². The zero-order valence-corrected chi connectivity index (χ0v) is 13.2. The number of pyridine rings is 1. The van der Waals surface area contributed by atoms with E-state index in [1.807, 2.05) is 23.5 Å². The van der Waals surface area contributed by atoms with Gasteiger partial charge in [0.25, 0.3) is 0 Å². The van der Waals surface area contributed by atoms with Crippen LogP contribution in [0.15, 0.2) is 36.4 Å². The Kier molecular flexibility index (Phi) is 2.94. The topological polar surface area (TPSA) is 64.9 Å². The van der Waals surface area contributed by atoms with E-state index >= 15 is 0 Å². The second-order valence-corrected chi connectivity index (χ2v) is 6.86. The molecular formula is C18H17N3S. The summed E-state index contributed by atoms with van der Waals surface area (Å²) in [6.45, 7) is 2.30. The van der Waals surface area contributed by atoms with E-state index in [1.54, 1.807) is 0 Å². The summed E-state index contributed by atoms with van der Waals surface area (Å²) in [5.74, 6) is 1.49. The average molecular weight is 307 g/mol. The SMILES string of the molecule is CC1CC=Cc2sc3c(-c4cc(N)nc(N)c4)cccc3c21. The average Bonchev–Trinajstić information content (AvgIpc) is 2.85. The van der Waals surface area contributed by atoms with E-state index in [9.17, 15) is 0 Å². The summed E-state index contributed by atoms with van der Waals surface area (Å²) in [7, 11) is 0. The summed E-state index contributed by atoms with van der Waals surface area (Å²) in [5.41, 5.74) is 15.4. The molecule has 1 aromatic carbocycles. The lowest BCUT2D eigenvalue weighted by molar-refractivity contribution is 0.783. The van der Waals surface area contributed by atoms with E-state index in [4.69, 9.17) is 11.5 Å². The van der Waals surface area contributed by atoms with Crippen LogP contribution in [0.3, 0.4) is 0 Å². The van der Waals surface area contributed by atoms with Crippen LogP contribution in [0.4, 0.5) is 11.6 Å². The van der Waals surface area contributed by atoms with Crippen LogP contribution in [0.2, 0.25) is 0 Å². The zero-order valence-electron chi connectivity index (χ0n) is 12.3. The number of nitrogens with two attached hydrogens (primary N) is 2. The number of nitrogens with zero attached hydrogens (tertiary/aromatic N) is 1. The summed E-state index contributed by atoms with van der Waals surface area (Å²) < 4.78 is 1.30. The van der Waals surface area contributed by atoms with E-state index in [1.165, 1.54) is 26.1 Å². The Morgan fingerprint density at radius 1 is 1.18 bits per heavy atom. The summed E-state index contributed by atoms with van der Waals surface area (Å²) >= 11 is 1.85.